The molecule has 0 aromatic heterocycles. The van der Waals surface area contributed by atoms with Crippen molar-refractivity contribution in [1.29, 1.82) is 0 Å². The summed E-state index contributed by atoms with van der Waals surface area (Å²) in [5.41, 5.74) is 1.34. The van der Waals surface area contributed by atoms with Crippen LogP contribution < -0.4 is 10.1 Å². The van der Waals surface area contributed by atoms with Gasteiger partial charge in [0.2, 0.25) is 0 Å². The van der Waals surface area contributed by atoms with E-state index in [1.54, 1.807) is 36.4 Å². The average Bonchev–Trinajstić information content (AvgIpc) is 2.39. The Balaban J connectivity index is 2.09. The van der Waals surface area contributed by atoms with Gasteiger partial charge in [-0.1, -0.05) is 18.2 Å². The molecule has 0 fully saturated rings. The van der Waals surface area contributed by atoms with Crippen LogP contribution in [-0.4, -0.2) is 12.2 Å². The third kappa shape index (κ3) is 2.71. The number of para-hydroxylation sites is 1. The van der Waals surface area contributed by atoms with Crippen LogP contribution in [0, 0.1) is 5.82 Å². The number of rotatable bonds is 4. The van der Waals surface area contributed by atoms with E-state index in [-0.39, 0.29) is 11.6 Å². The summed E-state index contributed by atoms with van der Waals surface area (Å²) in [6, 6.07) is 11.5. The first kappa shape index (κ1) is 12.2. The van der Waals surface area contributed by atoms with Gasteiger partial charge in [0.05, 0.1) is 12.8 Å². The van der Waals surface area contributed by atoms with Crippen LogP contribution in [0.4, 0.5) is 10.1 Å². The Morgan fingerprint density at radius 1 is 1.22 bits per heavy atom. The Morgan fingerprint density at radius 2 is 2.00 bits per heavy atom. The highest BCUT2D eigenvalue weighted by molar-refractivity contribution is 5.47. The minimum Gasteiger partial charge on any atom is -0.504 e. The highest BCUT2D eigenvalue weighted by atomic mass is 19.1. The molecular weight excluding hydrogens is 233 g/mol. The molecule has 0 bridgehead atoms. The van der Waals surface area contributed by atoms with Gasteiger partial charge in [-0.15, -0.1) is 0 Å². The number of nitrogens with one attached hydrogen (secondary N) is 1. The molecule has 0 saturated heterocycles. The third-order valence-electron chi connectivity index (χ3n) is 2.60. The number of hydrogen-bond acceptors (Lipinski definition) is 3. The Labute approximate surface area is 105 Å². The standard InChI is InChI=1S/C14H14FNO2/c1-18-14-8-10(6-7-13(14)17)9-16-12-5-3-2-4-11(12)15/h2-8,16-17H,9H2,1H3. The predicted molar refractivity (Wildman–Crippen MR) is 68.4 cm³/mol. The number of halogens is 1. The zero-order chi connectivity index (χ0) is 13.0. The molecule has 0 spiro atoms. The van der Waals surface area contributed by atoms with Crippen molar-refractivity contribution in [2.45, 2.75) is 6.54 Å². The number of phenols is 1. The van der Waals surface area contributed by atoms with Gasteiger partial charge in [-0.2, -0.15) is 0 Å². The third-order valence-corrected chi connectivity index (χ3v) is 2.60. The second kappa shape index (κ2) is 5.40. The van der Waals surface area contributed by atoms with Crippen molar-refractivity contribution >= 4 is 5.69 Å². The summed E-state index contributed by atoms with van der Waals surface area (Å²) >= 11 is 0. The fourth-order valence-electron chi connectivity index (χ4n) is 1.63. The van der Waals surface area contributed by atoms with Gasteiger partial charge in [0.1, 0.15) is 5.82 Å². The van der Waals surface area contributed by atoms with Crippen molar-refractivity contribution in [3.63, 3.8) is 0 Å². The maximum absolute atomic E-state index is 13.4. The van der Waals surface area contributed by atoms with Crippen LogP contribution in [0.3, 0.4) is 0 Å². The van der Waals surface area contributed by atoms with Crippen LogP contribution in [0.1, 0.15) is 5.56 Å². The summed E-state index contributed by atoms with van der Waals surface area (Å²) in [5, 5.41) is 12.4. The molecule has 0 heterocycles. The highest BCUT2D eigenvalue weighted by Crippen LogP contribution is 2.26. The monoisotopic (exact) mass is 247 g/mol. The van der Waals surface area contributed by atoms with E-state index in [9.17, 15) is 9.50 Å². The number of anilines is 1. The fraction of sp³-hybridized carbons (Fsp3) is 0.143. The zero-order valence-corrected chi connectivity index (χ0v) is 9.98. The lowest BCUT2D eigenvalue weighted by Gasteiger charge is -2.09. The molecule has 0 aliphatic rings. The van der Waals surface area contributed by atoms with Crippen LogP contribution in [0.25, 0.3) is 0 Å². The van der Waals surface area contributed by atoms with Crippen molar-refractivity contribution in [1.82, 2.24) is 0 Å². The van der Waals surface area contributed by atoms with Gasteiger partial charge in [0.25, 0.3) is 0 Å². The van der Waals surface area contributed by atoms with Crippen molar-refractivity contribution in [2.75, 3.05) is 12.4 Å². The molecule has 4 heteroatoms. The van der Waals surface area contributed by atoms with Crippen molar-refractivity contribution in [3.05, 3.63) is 53.8 Å². The molecule has 18 heavy (non-hydrogen) atoms. The molecular formula is C14H14FNO2. The summed E-state index contributed by atoms with van der Waals surface area (Å²) < 4.78 is 18.4. The molecule has 0 amide bonds. The first-order valence-corrected chi connectivity index (χ1v) is 5.55. The van der Waals surface area contributed by atoms with Gasteiger partial charge < -0.3 is 15.2 Å². The lowest BCUT2D eigenvalue weighted by atomic mass is 10.2. The molecule has 2 aromatic rings. The first-order chi connectivity index (χ1) is 8.70. The Bertz CT molecular complexity index is 543. The van der Waals surface area contributed by atoms with Crippen LogP contribution in [0.5, 0.6) is 11.5 Å². The lowest BCUT2D eigenvalue weighted by Crippen LogP contribution is -2.01. The SMILES string of the molecule is COc1cc(CNc2ccccc2F)ccc1O. The van der Waals surface area contributed by atoms with E-state index in [1.165, 1.54) is 13.2 Å². The van der Waals surface area contributed by atoms with Crippen molar-refractivity contribution in [3.8, 4) is 11.5 Å². The van der Waals surface area contributed by atoms with Gasteiger partial charge in [-0.3, -0.25) is 0 Å². The van der Waals surface area contributed by atoms with Crippen LogP contribution in [-0.2, 0) is 6.54 Å². The van der Waals surface area contributed by atoms with Gasteiger partial charge in [-0.25, -0.2) is 4.39 Å². The topological polar surface area (TPSA) is 41.5 Å². The maximum Gasteiger partial charge on any atom is 0.160 e. The van der Waals surface area contributed by atoms with Gasteiger partial charge in [0, 0.05) is 6.54 Å². The van der Waals surface area contributed by atoms with Gasteiger partial charge >= 0.3 is 0 Å². The predicted octanol–water partition coefficient (Wildman–Crippen LogP) is 3.15. The highest BCUT2D eigenvalue weighted by Gasteiger charge is 2.04. The van der Waals surface area contributed by atoms with E-state index in [2.05, 4.69) is 5.32 Å². The van der Waals surface area contributed by atoms with Crippen LogP contribution in [0.2, 0.25) is 0 Å². The number of hydrogen-bond donors (Lipinski definition) is 2. The minimum absolute atomic E-state index is 0.0899. The molecule has 0 saturated carbocycles. The molecule has 0 aliphatic carbocycles. The molecule has 0 aliphatic heterocycles. The minimum atomic E-state index is -0.289. The Hall–Kier alpha value is -2.23. The summed E-state index contributed by atoms with van der Waals surface area (Å²) in [6.07, 6.45) is 0. The van der Waals surface area contributed by atoms with E-state index in [0.29, 0.717) is 18.0 Å². The molecule has 2 rings (SSSR count). The summed E-state index contributed by atoms with van der Waals surface area (Å²) in [7, 11) is 1.49. The second-order valence-electron chi connectivity index (χ2n) is 3.84. The lowest BCUT2D eigenvalue weighted by molar-refractivity contribution is 0.373. The van der Waals surface area contributed by atoms with E-state index in [0.717, 1.165) is 5.56 Å². The Morgan fingerprint density at radius 3 is 2.72 bits per heavy atom. The normalized spacial score (nSPS) is 10.1. The molecule has 94 valence electrons. The molecule has 3 nitrogen and oxygen atoms in total. The quantitative estimate of drug-likeness (QED) is 0.872. The van der Waals surface area contributed by atoms with E-state index >= 15 is 0 Å². The van der Waals surface area contributed by atoms with Crippen molar-refractivity contribution in [2.24, 2.45) is 0 Å². The van der Waals surface area contributed by atoms with E-state index in [4.69, 9.17) is 4.74 Å². The zero-order valence-electron chi connectivity index (χ0n) is 9.98. The number of methoxy groups -OCH3 is 1. The molecule has 2 aromatic carbocycles. The number of benzene rings is 2. The second-order valence-corrected chi connectivity index (χ2v) is 3.84. The average molecular weight is 247 g/mol. The molecule has 0 radical (unpaired) electrons. The fourth-order valence-corrected chi connectivity index (χ4v) is 1.63. The van der Waals surface area contributed by atoms with E-state index < -0.39 is 0 Å². The molecule has 0 atom stereocenters. The summed E-state index contributed by atoms with van der Waals surface area (Å²) in [5.74, 6) is 0.207. The smallest absolute Gasteiger partial charge is 0.160 e. The van der Waals surface area contributed by atoms with Crippen LogP contribution in [0.15, 0.2) is 42.5 Å². The van der Waals surface area contributed by atoms with Gasteiger partial charge in [0.15, 0.2) is 11.5 Å². The number of aromatic hydroxyl groups is 1. The first-order valence-electron chi connectivity index (χ1n) is 5.55. The number of ether oxygens (including phenoxy) is 1. The van der Waals surface area contributed by atoms with Gasteiger partial charge in [-0.05, 0) is 29.8 Å². The largest absolute Gasteiger partial charge is 0.504 e. The van der Waals surface area contributed by atoms with Crippen LogP contribution >= 0.6 is 0 Å². The Kier molecular flexibility index (Phi) is 3.67. The summed E-state index contributed by atoms with van der Waals surface area (Å²) in [6.45, 7) is 0.456. The summed E-state index contributed by atoms with van der Waals surface area (Å²) in [4.78, 5) is 0. The molecule has 2 N–H and O–H groups in total. The van der Waals surface area contributed by atoms with E-state index in [1.807, 2.05) is 0 Å². The number of phenolic OH excluding ortho intramolecular Hbond substituents is 1. The van der Waals surface area contributed by atoms with Crippen molar-refractivity contribution < 1.29 is 14.2 Å². The molecule has 0 unspecified atom stereocenters. The maximum atomic E-state index is 13.4.